The number of nitrogens with zero attached hydrogens (tertiary/aromatic N) is 3. The summed E-state index contributed by atoms with van der Waals surface area (Å²) in [5.41, 5.74) is 5.08. The lowest BCUT2D eigenvalue weighted by atomic mass is 9.99. The fourth-order valence-electron chi connectivity index (χ4n) is 4.68. The molecule has 3 aromatic heterocycles. The van der Waals surface area contributed by atoms with Crippen molar-refractivity contribution < 1.29 is 18.3 Å². The molecule has 0 aliphatic carbocycles. The number of imidazole rings is 1. The van der Waals surface area contributed by atoms with Crippen LogP contribution in [0.1, 0.15) is 45.8 Å². The van der Waals surface area contributed by atoms with Crippen molar-refractivity contribution in [2.75, 3.05) is 18.5 Å². The zero-order valence-electron chi connectivity index (χ0n) is 18.1. The molecule has 0 radical (unpaired) electrons. The van der Waals surface area contributed by atoms with Crippen LogP contribution in [-0.2, 0) is 11.3 Å². The summed E-state index contributed by atoms with van der Waals surface area (Å²) < 4.78 is 33.4. The molecule has 5 heterocycles. The van der Waals surface area contributed by atoms with Crippen LogP contribution >= 0.6 is 0 Å². The van der Waals surface area contributed by atoms with Gasteiger partial charge in [0.15, 0.2) is 0 Å². The van der Waals surface area contributed by atoms with Crippen molar-refractivity contribution in [2.45, 2.75) is 25.3 Å². The molecule has 172 valence electrons. The van der Waals surface area contributed by atoms with Gasteiger partial charge in [0.05, 0.1) is 29.7 Å². The maximum atomic E-state index is 13.1. The molecule has 2 aliphatic rings. The van der Waals surface area contributed by atoms with Gasteiger partial charge in [0.2, 0.25) is 0 Å². The zero-order valence-corrected chi connectivity index (χ0v) is 18.1. The average molecular weight is 461 g/mol. The van der Waals surface area contributed by atoms with Crippen LogP contribution in [0, 0.1) is 0 Å². The van der Waals surface area contributed by atoms with Crippen LogP contribution in [0.5, 0.6) is 0 Å². The minimum absolute atomic E-state index is 0.0785. The molecule has 1 saturated heterocycles. The van der Waals surface area contributed by atoms with E-state index in [1.54, 1.807) is 16.8 Å². The van der Waals surface area contributed by atoms with E-state index in [9.17, 15) is 13.6 Å². The number of anilines is 2. The van der Waals surface area contributed by atoms with Crippen molar-refractivity contribution in [1.82, 2.24) is 19.7 Å². The van der Waals surface area contributed by atoms with E-state index in [4.69, 9.17) is 4.74 Å². The second kappa shape index (κ2) is 8.18. The highest BCUT2D eigenvalue weighted by atomic mass is 19.3. The topological polar surface area (TPSA) is 80.6 Å². The Morgan fingerprint density at radius 2 is 2.06 bits per heavy atom. The maximum Gasteiger partial charge on any atom is 0.264 e. The predicted octanol–water partition coefficient (Wildman–Crippen LogP) is 4.82. The van der Waals surface area contributed by atoms with Gasteiger partial charge in [-0.05, 0) is 41.8 Å². The number of aromatic nitrogens is 3. The molecule has 34 heavy (non-hydrogen) atoms. The standard InChI is InChI=1S/C25H21F2N5O2/c26-24(27)14-5-7-32-20(12-29-22(32)9-14)17-2-3-19(23-18(17)11-30-25(23)33)31-21-4-1-15(10-28-21)16-6-8-34-13-16/h1-5,7,9-10,12,16,24H,6,8,11,13H2,(H,28,31)(H,30,33). The van der Waals surface area contributed by atoms with Crippen LogP contribution < -0.4 is 10.6 Å². The molecule has 7 nitrogen and oxygen atoms in total. The van der Waals surface area contributed by atoms with Crippen LogP contribution in [0.2, 0.25) is 0 Å². The first-order chi connectivity index (χ1) is 16.6. The summed E-state index contributed by atoms with van der Waals surface area (Å²) in [6.07, 6.45) is 3.51. The Balaban J connectivity index is 1.35. The number of nitrogens with one attached hydrogen (secondary N) is 2. The molecule has 9 heteroatoms. The minimum atomic E-state index is -2.56. The molecule has 0 bridgehead atoms. The lowest BCUT2D eigenvalue weighted by Gasteiger charge is -2.14. The van der Waals surface area contributed by atoms with Crippen molar-refractivity contribution in [2.24, 2.45) is 0 Å². The fraction of sp³-hybridized carbons (Fsp3) is 0.240. The third-order valence-electron chi connectivity index (χ3n) is 6.48. The second-order valence-electron chi connectivity index (χ2n) is 8.49. The van der Waals surface area contributed by atoms with Gasteiger partial charge in [0.25, 0.3) is 12.3 Å². The lowest BCUT2D eigenvalue weighted by molar-refractivity contribution is 0.0966. The molecule has 2 aliphatic heterocycles. The predicted molar refractivity (Wildman–Crippen MR) is 122 cm³/mol. The van der Waals surface area contributed by atoms with E-state index in [0.29, 0.717) is 35.2 Å². The summed E-state index contributed by atoms with van der Waals surface area (Å²) in [6.45, 7) is 1.86. The van der Waals surface area contributed by atoms with E-state index in [2.05, 4.69) is 20.6 Å². The van der Waals surface area contributed by atoms with Crippen LogP contribution in [0.4, 0.5) is 20.3 Å². The molecule has 6 rings (SSSR count). The number of alkyl halides is 2. The van der Waals surface area contributed by atoms with Gasteiger partial charge < -0.3 is 15.4 Å². The lowest BCUT2D eigenvalue weighted by Crippen LogP contribution is -2.13. The van der Waals surface area contributed by atoms with Gasteiger partial charge in [-0.25, -0.2) is 18.7 Å². The van der Waals surface area contributed by atoms with Crippen molar-refractivity contribution in [1.29, 1.82) is 0 Å². The molecule has 1 unspecified atom stereocenters. The highest BCUT2D eigenvalue weighted by molar-refractivity contribution is 6.06. The second-order valence-corrected chi connectivity index (χ2v) is 8.49. The minimum Gasteiger partial charge on any atom is -0.381 e. The van der Waals surface area contributed by atoms with Crippen LogP contribution in [0.15, 0.2) is 55.0 Å². The van der Waals surface area contributed by atoms with E-state index in [0.717, 1.165) is 42.0 Å². The van der Waals surface area contributed by atoms with Crippen LogP contribution in [-0.4, -0.2) is 33.5 Å². The van der Waals surface area contributed by atoms with E-state index in [-0.39, 0.29) is 11.5 Å². The Bertz CT molecular complexity index is 1390. The number of ether oxygens (including phenoxy) is 1. The quantitative estimate of drug-likeness (QED) is 0.445. The Morgan fingerprint density at radius 3 is 2.82 bits per heavy atom. The monoisotopic (exact) mass is 461 g/mol. The SMILES string of the molecule is O=C1NCc2c(-c3cnc4cc(C(F)F)ccn34)ccc(Nc3ccc(C4CCOC4)cn3)c21. The molecule has 2 N–H and O–H groups in total. The normalized spacial score (nSPS) is 17.4. The third kappa shape index (κ3) is 3.49. The molecule has 0 spiro atoms. The molecular weight excluding hydrogens is 440 g/mol. The number of benzene rings is 1. The number of amides is 1. The fourth-order valence-corrected chi connectivity index (χ4v) is 4.68. The van der Waals surface area contributed by atoms with Gasteiger partial charge in [-0.15, -0.1) is 0 Å². The number of carbonyl (C=O) groups is 1. The van der Waals surface area contributed by atoms with Crippen LogP contribution in [0.3, 0.4) is 0 Å². The zero-order chi connectivity index (χ0) is 23.2. The summed E-state index contributed by atoms with van der Waals surface area (Å²) in [7, 11) is 0. The molecule has 1 atom stereocenters. The molecule has 1 aromatic carbocycles. The summed E-state index contributed by atoms with van der Waals surface area (Å²) in [6, 6.07) is 10.5. The number of hydrogen-bond acceptors (Lipinski definition) is 5. The number of rotatable bonds is 5. The summed E-state index contributed by atoms with van der Waals surface area (Å²) >= 11 is 0. The summed E-state index contributed by atoms with van der Waals surface area (Å²) in [4.78, 5) is 21.6. The van der Waals surface area contributed by atoms with Gasteiger partial charge in [-0.2, -0.15) is 0 Å². The van der Waals surface area contributed by atoms with E-state index in [1.165, 1.54) is 12.1 Å². The molecule has 1 fully saturated rings. The average Bonchev–Trinajstić information content (AvgIpc) is 3.60. The first-order valence-corrected chi connectivity index (χ1v) is 11.1. The van der Waals surface area contributed by atoms with Gasteiger partial charge in [-0.3, -0.25) is 9.20 Å². The number of carbonyl (C=O) groups excluding carboxylic acids is 1. The number of halogens is 2. The van der Waals surface area contributed by atoms with Gasteiger partial charge >= 0.3 is 0 Å². The van der Waals surface area contributed by atoms with Crippen molar-refractivity contribution >= 4 is 23.1 Å². The van der Waals surface area contributed by atoms with Crippen molar-refractivity contribution in [3.63, 3.8) is 0 Å². The first-order valence-electron chi connectivity index (χ1n) is 11.1. The number of pyridine rings is 2. The first kappa shape index (κ1) is 20.7. The highest BCUT2D eigenvalue weighted by Gasteiger charge is 2.27. The van der Waals surface area contributed by atoms with Gasteiger partial charge in [-0.1, -0.05) is 12.1 Å². The molecular formula is C25H21F2N5O2. The van der Waals surface area contributed by atoms with Crippen LogP contribution in [0.25, 0.3) is 16.9 Å². The van der Waals surface area contributed by atoms with Crippen molar-refractivity contribution in [3.05, 3.63) is 77.2 Å². The van der Waals surface area contributed by atoms with E-state index in [1.807, 2.05) is 30.5 Å². The Labute approximate surface area is 193 Å². The van der Waals surface area contributed by atoms with E-state index >= 15 is 0 Å². The summed E-state index contributed by atoms with van der Waals surface area (Å²) in [5, 5.41) is 6.16. The number of hydrogen-bond donors (Lipinski definition) is 2. The molecule has 0 saturated carbocycles. The maximum absolute atomic E-state index is 13.1. The summed E-state index contributed by atoms with van der Waals surface area (Å²) in [5.74, 6) is 0.845. The Morgan fingerprint density at radius 1 is 1.15 bits per heavy atom. The Hall–Kier alpha value is -3.85. The van der Waals surface area contributed by atoms with Gasteiger partial charge in [0.1, 0.15) is 11.5 Å². The molecule has 4 aromatic rings. The van der Waals surface area contributed by atoms with Crippen molar-refractivity contribution in [3.8, 4) is 11.3 Å². The largest absolute Gasteiger partial charge is 0.381 e. The number of fused-ring (bicyclic) bond motifs is 2. The third-order valence-corrected chi connectivity index (χ3v) is 6.48. The van der Waals surface area contributed by atoms with Gasteiger partial charge in [0, 0.05) is 42.6 Å². The Kier molecular flexibility index (Phi) is 4.99. The molecule has 1 amide bonds. The smallest absolute Gasteiger partial charge is 0.264 e. The van der Waals surface area contributed by atoms with E-state index < -0.39 is 6.43 Å². The highest BCUT2D eigenvalue weighted by Crippen LogP contribution is 2.36.